The van der Waals surface area contributed by atoms with E-state index in [0.717, 1.165) is 22.8 Å². The summed E-state index contributed by atoms with van der Waals surface area (Å²) < 4.78 is 24.5. The van der Waals surface area contributed by atoms with Gasteiger partial charge in [0.15, 0.2) is 11.5 Å². The first-order valence-corrected chi connectivity index (χ1v) is 8.21. The van der Waals surface area contributed by atoms with Gasteiger partial charge in [0.1, 0.15) is 11.6 Å². The summed E-state index contributed by atoms with van der Waals surface area (Å²) in [6, 6.07) is 12.3. The van der Waals surface area contributed by atoms with Crippen molar-refractivity contribution in [3.8, 4) is 11.5 Å². The van der Waals surface area contributed by atoms with E-state index in [1.54, 1.807) is 26.5 Å². The molecular weight excluding hydrogens is 333 g/mol. The first-order valence-electron chi connectivity index (χ1n) is 8.21. The SMILES string of the molecule is COc1ccc(C2=CC=NC3=CCN(c4cccc(F)c4)N32)cc1OC. The third-order valence-corrected chi connectivity index (χ3v) is 4.36. The van der Waals surface area contributed by atoms with Gasteiger partial charge in [0.05, 0.1) is 32.1 Å². The van der Waals surface area contributed by atoms with Gasteiger partial charge in [-0.15, -0.1) is 0 Å². The van der Waals surface area contributed by atoms with Crippen molar-refractivity contribution in [1.29, 1.82) is 0 Å². The molecular formula is C20H18FN3O2. The van der Waals surface area contributed by atoms with E-state index < -0.39 is 0 Å². The number of rotatable bonds is 4. The molecule has 0 aliphatic carbocycles. The summed E-state index contributed by atoms with van der Waals surface area (Å²) in [5, 5.41) is 3.97. The molecule has 0 spiro atoms. The van der Waals surface area contributed by atoms with E-state index in [1.165, 1.54) is 12.1 Å². The molecule has 2 aliphatic rings. The minimum Gasteiger partial charge on any atom is -0.493 e. The number of aliphatic imine (C=N–C) groups is 1. The third-order valence-electron chi connectivity index (χ3n) is 4.36. The summed E-state index contributed by atoms with van der Waals surface area (Å²) in [4.78, 5) is 4.44. The summed E-state index contributed by atoms with van der Waals surface area (Å²) in [6.07, 6.45) is 5.70. The molecule has 0 unspecified atom stereocenters. The van der Waals surface area contributed by atoms with Crippen LogP contribution >= 0.6 is 0 Å². The Morgan fingerprint density at radius 1 is 1.04 bits per heavy atom. The highest BCUT2D eigenvalue weighted by molar-refractivity contribution is 5.88. The minimum atomic E-state index is -0.270. The van der Waals surface area contributed by atoms with E-state index in [9.17, 15) is 4.39 Å². The quantitative estimate of drug-likeness (QED) is 0.839. The number of hydrazine groups is 1. The summed E-state index contributed by atoms with van der Waals surface area (Å²) >= 11 is 0. The van der Waals surface area contributed by atoms with Gasteiger partial charge in [-0.1, -0.05) is 6.07 Å². The maximum Gasteiger partial charge on any atom is 0.161 e. The number of ether oxygens (including phenoxy) is 2. The Hall–Kier alpha value is -3.28. The predicted molar refractivity (Wildman–Crippen MR) is 99.7 cm³/mol. The Morgan fingerprint density at radius 2 is 1.88 bits per heavy atom. The number of benzene rings is 2. The highest BCUT2D eigenvalue weighted by atomic mass is 19.1. The summed E-state index contributed by atoms with van der Waals surface area (Å²) in [5.41, 5.74) is 2.64. The molecule has 0 saturated carbocycles. The van der Waals surface area contributed by atoms with Crippen LogP contribution < -0.4 is 14.5 Å². The minimum absolute atomic E-state index is 0.270. The van der Waals surface area contributed by atoms with Crippen LogP contribution in [0, 0.1) is 5.82 Å². The van der Waals surface area contributed by atoms with Crippen molar-refractivity contribution >= 4 is 17.6 Å². The average Bonchev–Trinajstić information content (AvgIpc) is 3.11. The molecule has 2 aliphatic heterocycles. The lowest BCUT2D eigenvalue weighted by molar-refractivity contribution is 0.354. The largest absolute Gasteiger partial charge is 0.493 e. The fraction of sp³-hybridized carbons (Fsp3) is 0.150. The first-order chi connectivity index (χ1) is 12.7. The lowest BCUT2D eigenvalue weighted by atomic mass is 10.1. The zero-order valence-corrected chi connectivity index (χ0v) is 14.5. The van der Waals surface area contributed by atoms with Gasteiger partial charge in [-0.25, -0.2) is 14.4 Å². The second kappa shape index (κ2) is 6.55. The number of halogens is 1. The maximum absolute atomic E-state index is 13.7. The molecule has 6 heteroatoms. The van der Waals surface area contributed by atoms with Crippen molar-refractivity contribution in [3.63, 3.8) is 0 Å². The van der Waals surface area contributed by atoms with Crippen LogP contribution in [0.4, 0.5) is 10.1 Å². The second-order valence-corrected chi connectivity index (χ2v) is 5.84. The molecule has 0 atom stereocenters. The van der Waals surface area contributed by atoms with Crippen molar-refractivity contribution in [2.24, 2.45) is 4.99 Å². The van der Waals surface area contributed by atoms with Crippen LogP contribution in [0.25, 0.3) is 5.70 Å². The van der Waals surface area contributed by atoms with Crippen LogP contribution in [-0.4, -0.2) is 32.0 Å². The molecule has 0 radical (unpaired) electrons. The molecule has 0 N–H and O–H groups in total. The Labute approximate surface area is 151 Å². The number of nitrogens with zero attached hydrogens (tertiary/aromatic N) is 3. The number of hydrogen-bond acceptors (Lipinski definition) is 5. The molecule has 0 saturated heterocycles. The molecule has 2 heterocycles. The van der Waals surface area contributed by atoms with Crippen LogP contribution in [0.1, 0.15) is 5.56 Å². The van der Waals surface area contributed by atoms with Crippen molar-refractivity contribution in [1.82, 2.24) is 5.01 Å². The smallest absolute Gasteiger partial charge is 0.161 e. The molecule has 0 aromatic heterocycles. The molecule has 0 amide bonds. The van der Waals surface area contributed by atoms with Crippen LogP contribution in [0.2, 0.25) is 0 Å². The maximum atomic E-state index is 13.7. The van der Waals surface area contributed by atoms with Gasteiger partial charge in [0.25, 0.3) is 0 Å². The van der Waals surface area contributed by atoms with Crippen molar-refractivity contribution in [3.05, 3.63) is 71.8 Å². The average molecular weight is 351 g/mol. The molecule has 5 nitrogen and oxygen atoms in total. The highest BCUT2D eigenvalue weighted by Gasteiger charge is 2.30. The van der Waals surface area contributed by atoms with Crippen LogP contribution in [0.3, 0.4) is 0 Å². The molecule has 132 valence electrons. The van der Waals surface area contributed by atoms with Crippen LogP contribution in [0.5, 0.6) is 11.5 Å². The number of anilines is 1. The van der Waals surface area contributed by atoms with Gasteiger partial charge in [0.2, 0.25) is 0 Å². The Bertz CT molecular complexity index is 936. The van der Waals surface area contributed by atoms with Gasteiger partial charge in [-0.2, -0.15) is 0 Å². The molecule has 0 bridgehead atoms. The molecule has 4 rings (SSSR count). The predicted octanol–water partition coefficient (Wildman–Crippen LogP) is 3.85. The lowest BCUT2D eigenvalue weighted by Gasteiger charge is -2.35. The topological polar surface area (TPSA) is 37.3 Å². The Balaban J connectivity index is 1.75. The summed E-state index contributed by atoms with van der Waals surface area (Å²) in [6.45, 7) is 0.612. The van der Waals surface area contributed by atoms with Gasteiger partial charge in [-0.3, -0.25) is 5.01 Å². The zero-order chi connectivity index (χ0) is 18.1. The van der Waals surface area contributed by atoms with Gasteiger partial charge in [0, 0.05) is 11.8 Å². The van der Waals surface area contributed by atoms with E-state index in [4.69, 9.17) is 9.47 Å². The monoisotopic (exact) mass is 351 g/mol. The van der Waals surface area contributed by atoms with Crippen molar-refractivity contribution < 1.29 is 13.9 Å². The summed E-state index contributed by atoms with van der Waals surface area (Å²) in [5.74, 6) is 1.85. The normalized spacial score (nSPS) is 15.5. The molecule has 2 aromatic rings. The zero-order valence-electron chi connectivity index (χ0n) is 14.5. The Morgan fingerprint density at radius 3 is 2.65 bits per heavy atom. The summed E-state index contributed by atoms with van der Waals surface area (Å²) in [7, 11) is 3.22. The van der Waals surface area contributed by atoms with E-state index in [2.05, 4.69) is 4.99 Å². The second-order valence-electron chi connectivity index (χ2n) is 5.84. The van der Waals surface area contributed by atoms with Gasteiger partial charge >= 0.3 is 0 Å². The number of allylic oxidation sites excluding steroid dienone is 1. The highest BCUT2D eigenvalue weighted by Crippen LogP contribution is 2.38. The fourth-order valence-electron chi connectivity index (χ4n) is 3.15. The third kappa shape index (κ3) is 2.69. The fourth-order valence-corrected chi connectivity index (χ4v) is 3.15. The van der Waals surface area contributed by atoms with Gasteiger partial charge in [-0.05, 0) is 48.6 Å². The standard InChI is InChI=1S/C20H18FN3O2/c1-25-18-7-6-14(12-19(18)26-2)17-8-10-22-20-9-11-23(24(17)20)16-5-3-4-15(21)13-16/h3-10,12-13H,11H2,1-2H3. The van der Waals surface area contributed by atoms with Crippen LogP contribution in [0.15, 0.2) is 65.4 Å². The number of methoxy groups -OCH3 is 2. The molecule has 0 fully saturated rings. The Kier molecular flexibility index (Phi) is 4.08. The van der Waals surface area contributed by atoms with E-state index in [1.807, 2.05) is 46.4 Å². The van der Waals surface area contributed by atoms with Crippen LogP contribution in [-0.2, 0) is 0 Å². The van der Waals surface area contributed by atoms with E-state index in [-0.39, 0.29) is 5.82 Å². The van der Waals surface area contributed by atoms with Crippen molar-refractivity contribution in [2.45, 2.75) is 0 Å². The first kappa shape index (κ1) is 16.2. The molecule has 2 aromatic carbocycles. The van der Waals surface area contributed by atoms with E-state index >= 15 is 0 Å². The van der Waals surface area contributed by atoms with Crippen molar-refractivity contribution in [2.75, 3.05) is 25.8 Å². The molecule has 26 heavy (non-hydrogen) atoms. The number of fused-ring (bicyclic) bond motifs is 1. The number of hydrogen-bond donors (Lipinski definition) is 0. The van der Waals surface area contributed by atoms with Gasteiger partial charge < -0.3 is 9.47 Å². The lowest BCUT2D eigenvalue weighted by Crippen LogP contribution is -2.37. The van der Waals surface area contributed by atoms with E-state index in [0.29, 0.717) is 18.0 Å².